The van der Waals surface area contributed by atoms with Crippen molar-refractivity contribution in [2.75, 3.05) is 6.26 Å². The van der Waals surface area contributed by atoms with E-state index in [4.69, 9.17) is 11.6 Å². The van der Waals surface area contributed by atoms with E-state index in [1.807, 2.05) is 19.9 Å². The maximum atomic E-state index is 12.4. The smallest absolute Gasteiger partial charge is 0.313 e. The summed E-state index contributed by atoms with van der Waals surface area (Å²) in [5, 5.41) is 13.0. The van der Waals surface area contributed by atoms with Gasteiger partial charge in [0.1, 0.15) is 5.92 Å². The molecule has 2 aliphatic rings. The molecule has 3 N–H and O–H groups in total. The molecule has 1 saturated carbocycles. The predicted octanol–water partition coefficient (Wildman–Crippen LogP) is 5.80. The Labute approximate surface area is 199 Å². The van der Waals surface area contributed by atoms with Crippen molar-refractivity contribution >= 4 is 35.4 Å². The van der Waals surface area contributed by atoms with Gasteiger partial charge in [-0.15, -0.1) is 0 Å². The molecule has 1 fully saturated rings. The van der Waals surface area contributed by atoms with Crippen LogP contribution in [-0.2, 0) is 4.79 Å². The van der Waals surface area contributed by atoms with E-state index in [1.54, 1.807) is 42.3 Å². The number of hydrogen-bond acceptors (Lipinski definition) is 4. The second kappa shape index (κ2) is 11.2. The molecule has 0 unspecified atom stereocenters. The topological polar surface area (TPSA) is 78.4 Å². The van der Waals surface area contributed by atoms with Gasteiger partial charge in [-0.2, -0.15) is 0 Å². The van der Waals surface area contributed by atoms with E-state index < -0.39 is 17.9 Å². The first-order valence-electron chi connectivity index (χ1n) is 11.0. The lowest BCUT2D eigenvalue weighted by molar-refractivity contribution is -0.139. The summed E-state index contributed by atoms with van der Waals surface area (Å²) in [6.07, 6.45) is 9.19. The van der Waals surface area contributed by atoms with Crippen LogP contribution in [0.2, 0.25) is 5.02 Å². The lowest BCUT2D eigenvalue weighted by Crippen LogP contribution is -2.41. The normalized spacial score (nSPS) is 20.6. The molecular formula is C25H31ClN2O3S. The summed E-state index contributed by atoms with van der Waals surface area (Å²) in [5.74, 6) is -2.14. The van der Waals surface area contributed by atoms with E-state index in [1.165, 1.54) is 32.1 Å². The largest absolute Gasteiger partial charge is 0.481 e. The van der Waals surface area contributed by atoms with E-state index in [0.717, 1.165) is 17.2 Å². The molecule has 2 atom stereocenters. The third-order valence-electron chi connectivity index (χ3n) is 6.05. The fourth-order valence-electron chi connectivity index (χ4n) is 4.43. The van der Waals surface area contributed by atoms with Gasteiger partial charge < -0.3 is 10.4 Å². The number of carbonyl (C=O) groups is 2. The van der Waals surface area contributed by atoms with E-state index >= 15 is 0 Å². The van der Waals surface area contributed by atoms with Gasteiger partial charge in [0, 0.05) is 16.6 Å². The molecule has 1 heterocycles. The van der Waals surface area contributed by atoms with Crippen LogP contribution < -0.4 is 10.0 Å². The Morgan fingerprint density at radius 3 is 2.34 bits per heavy atom. The molecule has 172 valence electrons. The first kappa shape index (κ1) is 24.6. The molecule has 0 saturated heterocycles. The number of rotatable bonds is 4. The SMILES string of the molecule is CSNC1CCCCC1.Cc1ccc([C@@H]2NC(=O)c3ccc(C)cc3[C@H]2C(=O)O)c(Cl)c1. The zero-order chi connectivity index (χ0) is 23.3. The average Bonchev–Trinajstić information content (AvgIpc) is 2.74. The number of benzene rings is 2. The van der Waals surface area contributed by atoms with E-state index in [2.05, 4.69) is 16.3 Å². The molecule has 2 aromatic rings. The quantitative estimate of drug-likeness (QED) is 0.488. The van der Waals surface area contributed by atoms with Crippen molar-refractivity contribution in [2.45, 2.75) is 64.0 Å². The third-order valence-corrected chi connectivity index (χ3v) is 6.95. The fourth-order valence-corrected chi connectivity index (χ4v) is 5.35. The van der Waals surface area contributed by atoms with Gasteiger partial charge in [-0.3, -0.25) is 14.3 Å². The van der Waals surface area contributed by atoms with Crippen LogP contribution in [-0.4, -0.2) is 29.3 Å². The number of amides is 1. The van der Waals surface area contributed by atoms with Gasteiger partial charge in [-0.1, -0.05) is 72.6 Å². The van der Waals surface area contributed by atoms with Crippen molar-refractivity contribution in [1.29, 1.82) is 0 Å². The number of aliphatic carboxylic acids is 1. The number of nitrogens with one attached hydrogen (secondary N) is 2. The summed E-state index contributed by atoms with van der Waals surface area (Å²) in [6, 6.07) is 10.8. The molecule has 0 aromatic heterocycles. The summed E-state index contributed by atoms with van der Waals surface area (Å²) >= 11 is 8.05. The van der Waals surface area contributed by atoms with Gasteiger partial charge in [-0.05, 0) is 61.8 Å². The first-order valence-corrected chi connectivity index (χ1v) is 12.6. The molecule has 0 radical (unpaired) electrons. The van der Waals surface area contributed by atoms with Gasteiger partial charge in [0.2, 0.25) is 0 Å². The average molecular weight is 475 g/mol. The number of carboxylic acid groups (broad SMARTS) is 1. The monoisotopic (exact) mass is 474 g/mol. The second-order valence-electron chi connectivity index (χ2n) is 8.54. The minimum Gasteiger partial charge on any atom is -0.481 e. The fraction of sp³-hybridized carbons (Fsp3) is 0.440. The highest BCUT2D eigenvalue weighted by Gasteiger charge is 2.40. The number of carbonyl (C=O) groups excluding carboxylic acids is 1. The Balaban J connectivity index is 0.000000269. The number of hydrogen-bond donors (Lipinski definition) is 3. The number of halogens is 1. The second-order valence-corrected chi connectivity index (χ2v) is 9.59. The van der Waals surface area contributed by atoms with Crippen molar-refractivity contribution in [3.63, 3.8) is 0 Å². The van der Waals surface area contributed by atoms with E-state index in [-0.39, 0.29) is 5.91 Å². The Hall–Kier alpha value is -2.02. The third kappa shape index (κ3) is 5.85. The van der Waals surface area contributed by atoms with Crippen molar-refractivity contribution in [3.8, 4) is 0 Å². The lowest BCUT2D eigenvalue weighted by Gasteiger charge is -2.32. The minimum atomic E-state index is -0.988. The van der Waals surface area contributed by atoms with Crippen LogP contribution in [0.3, 0.4) is 0 Å². The van der Waals surface area contributed by atoms with Crippen LogP contribution in [0.5, 0.6) is 0 Å². The van der Waals surface area contributed by atoms with Crippen LogP contribution in [0.25, 0.3) is 0 Å². The Kier molecular flexibility index (Phi) is 8.63. The Morgan fingerprint density at radius 2 is 1.72 bits per heavy atom. The van der Waals surface area contributed by atoms with Crippen molar-refractivity contribution in [3.05, 3.63) is 69.2 Å². The van der Waals surface area contributed by atoms with Gasteiger partial charge in [0.05, 0.1) is 6.04 Å². The molecule has 1 aliphatic carbocycles. The van der Waals surface area contributed by atoms with E-state index in [0.29, 0.717) is 21.7 Å². The number of aryl methyl sites for hydroxylation is 2. The highest BCUT2D eigenvalue weighted by molar-refractivity contribution is 7.96. The Bertz CT molecular complexity index is 973. The summed E-state index contributed by atoms with van der Waals surface area (Å²) in [4.78, 5) is 24.3. The molecule has 4 rings (SSSR count). The van der Waals surface area contributed by atoms with E-state index in [9.17, 15) is 14.7 Å². The number of fused-ring (bicyclic) bond motifs is 1. The predicted molar refractivity (Wildman–Crippen MR) is 131 cm³/mol. The van der Waals surface area contributed by atoms with Crippen molar-refractivity contribution in [2.24, 2.45) is 0 Å². The highest BCUT2D eigenvalue weighted by Crippen LogP contribution is 2.40. The molecule has 0 spiro atoms. The lowest BCUT2D eigenvalue weighted by atomic mass is 9.80. The molecule has 7 heteroatoms. The number of carboxylic acids is 1. The molecule has 1 aliphatic heterocycles. The molecular weight excluding hydrogens is 444 g/mol. The Morgan fingerprint density at radius 1 is 1.06 bits per heavy atom. The zero-order valence-electron chi connectivity index (χ0n) is 18.8. The van der Waals surface area contributed by atoms with Gasteiger partial charge in [-0.25, -0.2) is 0 Å². The van der Waals surface area contributed by atoms with Crippen LogP contribution in [0.15, 0.2) is 36.4 Å². The zero-order valence-corrected chi connectivity index (χ0v) is 20.4. The van der Waals surface area contributed by atoms with Crippen LogP contribution in [0.4, 0.5) is 0 Å². The highest BCUT2D eigenvalue weighted by atomic mass is 35.5. The van der Waals surface area contributed by atoms with Gasteiger partial charge in [0.25, 0.3) is 5.91 Å². The van der Waals surface area contributed by atoms with Crippen molar-refractivity contribution < 1.29 is 14.7 Å². The first-order chi connectivity index (χ1) is 15.3. The maximum Gasteiger partial charge on any atom is 0.313 e. The summed E-state index contributed by atoms with van der Waals surface area (Å²) in [5.41, 5.74) is 3.44. The minimum absolute atomic E-state index is 0.279. The summed E-state index contributed by atoms with van der Waals surface area (Å²) in [6.45, 7) is 3.78. The molecule has 2 aromatic carbocycles. The molecule has 32 heavy (non-hydrogen) atoms. The molecule has 1 amide bonds. The van der Waals surface area contributed by atoms with Gasteiger partial charge in [0.15, 0.2) is 0 Å². The summed E-state index contributed by atoms with van der Waals surface area (Å²) in [7, 11) is 0. The van der Waals surface area contributed by atoms with Crippen LogP contribution in [0, 0.1) is 13.8 Å². The molecule has 5 nitrogen and oxygen atoms in total. The van der Waals surface area contributed by atoms with Crippen LogP contribution in [0.1, 0.15) is 76.7 Å². The van der Waals surface area contributed by atoms with Crippen molar-refractivity contribution in [1.82, 2.24) is 10.0 Å². The van der Waals surface area contributed by atoms with Crippen LogP contribution >= 0.6 is 23.5 Å². The summed E-state index contributed by atoms with van der Waals surface area (Å²) < 4.78 is 3.40. The maximum absolute atomic E-state index is 12.4. The standard InChI is InChI=1S/C18H16ClNO3.C7H15NS/c1-9-3-5-11-13(7-9)15(18(22)23)16(20-17(11)21)12-6-4-10(2)8-14(12)19;1-9-8-7-5-3-2-4-6-7/h3-8,15-16H,1-2H3,(H,20,21)(H,22,23);7-8H,2-6H2,1H3/t15-,16+;/m1./s1. The van der Waals surface area contributed by atoms with Gasteiger partial charge >= 0.3 is 5.97 Å². The molecule has 0 bridgehead atoms.